The number of rotatable bonds is 8. The van der Waals surface area contributed by atoms with E-state index in [0.29, 0.717) is 80.6 Å². The Hall–Kier alpha value is -3.38. The van der Waals surface area contributed by atoms with Crippen LogP contribution in [-0.4, -0.2) is 72.9 Å². The SMILES string of the molecule is O=C(Nc1cc2c(Nc3ccc(F)c(Cl)c3)ncnc2cc1OC1CCOC1)/C(F)=C/CN1CCOCC1. The van der Waals surface area contributed by atoms with E-state index < -0.39 is 17.6 Å². The highest BCUT2D eigenvalue weighted by Crippen LogP contribution is 2.35. The van der Waals surface area contributed by atoms with Gasteiger partial charge in [0.05, 0.1) is 42.7 Å². The molecule has 3 aromatic rings. The standard InChI is InChI=1S/C26H26ClF2N5O4/c27-19-11-16(1-2-20(19)28)32-25-18-12-23(33-26(35)21(29)3-5-34-6-9-36-10-7-34)24(13-22(18)30-15-31-25)38-17-4-8-37-14-17/h1-3,11-13,15,17H,4-10,14H2,(H,33,35)(H,30,31,32)/b21-3-. The molecule has 1 unspecified atom stereocenters. The summed E-state index contributed by atoms with van der Waals surface area (Å²) in [7, 11) is 0. The van der Waals surface area contributed by atoms with Crippen molar-refractivity contribution in [3.05, 3.63) is 59.4 Å². The summed E-state index contributed by atoms with van der Waals surface area (Å²) in [5.74, 6) is -1.64. The van der Waals surface area contributed by atoms with E-state index in [1.807, 2.05) is 4.90 Å². The number of aromatic nitrogens is 2. The second-order valence-electron chi connectivity index (χ2n) is 8.86. The number of morpholine rings is 1. The summed E-state index contributed by atoms with van der Waals surface area (Å²) in [4.78, 5) is 23.4. The van der Waals surface area contributed by atoms with Crippen LogP contribution in [0.2, 0.25) is 5.02 Å². The molecule has 0 bridgehead atoms. The van der Waals surface area contributed by atoms with Gasteiger partial charge in [-0.3, -0.25) is 9.69 Å². The second-order valence-corrected chi connectivity index (χ2v) is 9.27. The molecule has 3 heterocycles. The minimum atomic E-state index is -0.907. The third-order valence-corrected chi connectivity index (χ3v) is 6.49. The molecule has 200 valence electrons. The fourth-order valence-corrected chi connectivity index (χ4v) is 4.32. The van der Waals surface area contributed by atoms with E-state index in [0.717, 1.165) is 0 Å². The molecule has 5 rings (SSSR count). The average Bonchev–Trinajstić information content (AvgIpc) is 3.44. The highest BCUT2D eigenvalue weighted by Gasteiger charge is 2.22. The number of ether oxygens (including phenoxy) is 3. The number of benzene rings is 2. The number of fused-ring (bicyclic) bond motifs is 1. The quantitative estimate of drug-likeness (QED) is 0.401. The number of nitrogens with one attached hydrogen (secondary N) is 2. The number of carbonyl (C=O) groups excluding carboxylic acids is 1. The molecule has 2 fully saturated rings. The van der Waals surface area contributed by atoms with Crippen LogP contribution in [0.3, 0.4) is 0 Å². The van der Waals surface area contributed by atoms with Gasteiger partial charge in [0.1, 0.15) is 29.8 Å². The Morgan fingerprint density at radius 2 is 2.03 bits per heavy atom. The number of hydrogen-bond acceptors (Lipinski definition) is 8. The summed E-state index contributed by atoms with van der Waals surface area (Å²) in [6, 6.07) is 7.45. The fourth-order valence-electron chi connectivity index (χ4n) is 4.14. The van der Waals surface area contributed by atoms with Crippen molar-refractivity contribution in [2.24, 2.45) is 0 Å². The molecule has 1 aromatic heterocycles. The second kappa shape index (κ2) is 12.0. The van der Waals surface area contributed by atoms with Crippen LogP contribution >= 0.6 is 11.6 Å². The van der Waals surface area contributed by atoms with Gasteiger partial charge in [-0.2, -0.15) is 0 Å². The van der Waals surface area contributed by atoms with Crippen molar-refractivity contribution < 1.29 is 27.8 Å². The minimum absolute atomic E-state index is 0.0462. The monoisotopic (exact) mass is 545 g/mol. The lowest BCUT2D eigenvalue weighted by atomic mass is 10.1. The van der Waals surface area contributed by atoms with Crippen molar-refractivity contribution in [1.29, 1.82) is 0 Å². The Morgan fingerprint density at radius 1 is 1.18 bits per heavy atom. The molecule has 2 aromatic carbocycles. The Labute approximate surface area is 222 Å². The van der Waals surface area contributed by atoms with Crippen molar-refractivity contribution in [2.45, 2.75) is 12.5 Å². The van der Waals surface area contributed by atoms with Crippen LogP contribution < -0.4 is 15.4 Å². The fraction of sp³-hybridized carbons (Fsp3) is 0.346. The molecule has 0 spiro atoms. The van der Waals surface area contributed by atoms with E-state index in [9.17, 15) is 13.6 Å². The predicted molar refractivity (Wildman–Crippen MR) is 139 cm³/mol. The van der Waals surface area contributed by atoms with Gasteiger partial charge in [0.25, 0.3) is 5.91 Å². The Kier molecular flexibility index (Phi) is 8.28. The molecule has 9 nitrogen and oxygen atoms in total. The van der Waals surface area contributed by atoms with E-state index in [1.165, 1.54) is 30.6 Å². The van der Waals surface area contributed by atoms with Crippen molar-refractivity contribution >= 4 is 45.6 Å². The molecule has 1 atom stereocenters. The van der Waals surface area contributed by atoms with Gasteiger partial charge in [-0.05, 0) is 30.3 Å². The molecule has 38 heavy (non-hydrogen) atoms. The highest BCUT2D eigenvalue weighted by molar-refractivity contribution is 6.31. The number of halogens is 3. The first-order chi connectivity index (χ1) is 18.5. The number of nitrogens with zero attached hydrogens (tertiary/aromatic N) is 3. The van der Waals surface area contributed by atoms with Crippen LogP contribution in [0.4, 0.5) is 26.0 Å². The van der Waals surface area contributed by atoms with Gasteiger partial charge in [0, 0.05) is 43.2 Å². The first-order valence-corrected chi connectivity index (χ1v) is 12.6. The molecule has 1 amide bonds. The third-order valence-electron chi connectivity index (χ3n) is 6.20. The Balaban J connectivity index is 1.43. The maximum atomic E-state index is 14.8. The molecule has 0 aliphatic carbocycles. The molecule has 2 aliphatic heterocycles. The van der Waals surface area contributed by atoms with Gasteiger partial charge < -0.3 is 24.8 Å². The van der Waals surface area contributed by atoms with Gasteiger partial charge >= 0.3 is 0 Å². The van der Waals surface area contributed by atoms with Gasteiger partial charge in [0.15, 0.2) is 5.83 Å². The Morgan fingerprint density at radius 3 is 2.79 bits per heavy atom. The van der Waals surface area contributed by atoms with E-state index >= 15 is 0 Å². The van der Waals surface area contributed by atoms with Crippen LogP contribution in [-0.2, 0) is 14.3 Å². The van der Waals surface area contributed by atoms with Gasteiger partial charge in [-0.1, -0.05) is 11.6 Å². The zero-order valence-electron chi connectivity index (χ0n) is 20.4. The third kappa shape index (κ3) is 6.36. The summed E-state index contributed by atoms with van der Waals surface area (Å²) >= 11 is 5.92. The normalized spacial score (nSPS) is 18.5. The number of carbonyl (C=O) groups is 1. The summed E-state index contributed by atoms with van der Waals surface area (Å²) in [5.41, 5.74) is 1.27. The smallest absolute Gasteiger partial charge is 0.284 e. The van der Waals surface area contributed by atoms with E-state index in [2.05, 4.69) is 20.6 Å². The average molecular weight is 546 g/mol. The molecule has 2 N–H and O–H groups in total. The van der Waals surface area contributed by atoms with Crippen LogP contribution in [0, 0.1) is 5.82 Å². The van der Waals surface area contributed by atoms with Crippen molar-refractivity contribution in [3.63, 3.8) is 0 Å². The van der Waals surface area contributed by atoms with Gasteiger partial charge in [-0.15, -0.1) is 0 Å². The zero-order valence-corrected chi connectivity index (χ0v) is 21.1. The largest absolute Gasteiger partial charge is 0.486 e. The number of hydrogen-bond donors (Lipinski definition) is 2. The molecule has 12 heteroatoms. The lowest BCUT2D eigenvalue weighted by molar-refractivity contribution is -0.114. The maximum Gasteiger partial charge on any atom is 0.284 e. The first-order valence-electron chi connectivity index (χ1n) is 12.2. The number of anilines is 3. The van der Waals surface area contributed by atoms with Crippen LogP contribution in [0.25, 0.3) is 10.9 Å². The van der Waals surface area contributed by atoms with Crippen molar-refractivity contribution in [3.8, 4) is 5.75 Å². The molecule has 2 aliphatic rings. The minimum Gasteiger partial charge on any atom is -0.486 e. The lowest BCUT2D eigenvalue weighted by Crippen LogP contribution is -2.36. The van der Waals surface area contributed by atoms with Crippen LogP contribution in [0.15, 0.2) is 48.6 Å². The molecule has 0 radical (unpaired) electrons. The molecular formula is C26H26ClF2N5O4. The molecule has 0 saturated carbocycles. The predicted octanol–water partition coefficient (Wildman–Crippen LogP) is 4.46. The van der Waals surface area contributed by atoms with Crippen LogP contribution in [0.1, 0.15) is 6.42 Å². The number of amides is 1. The summed E-state index contributed by atoms with van der Waals surface area (Å²) in [5, 5.41) is 6.19. The zero-order chi connectivity index (χ0) is 26.5. The Bertz CT molecular complexity index is 1350. The summed E-state index contributed by atoms with van der Waals surface area (Å²) in [6.07, 6.45) is 3.08. The van der Waals surface area contributed by atoms with Crippen LogP contribution in [0.5, 0.6) is 5.75 Å². The van der Waals surface area contributed by atoms with E-state index in [-0.39, 0.29) is 16.8 Å². The van der Waals surface area contributed by atoms with Crippen molar-refractivity contribution in [2.75, 3.05) is 56.7 Å². The molecule has 2 saturated heterocycles. The summed E-state index contributed by atoms with van der Waals surface area (Å²) < 4.78 is 45.2. The topological polar surface area (TPSA) is 97.8 Å². The summed E-state index contributed by atoms with van der Waals surface area (Å²) in [6.45, 7) is 3.76. The van der Waals surface area contributed by atoms with E-state index in [1.54, 1.807) is 12.1 Å². The van der Waals surface area contributed by atoms with Gasteiger partial charge in [-0.25, -0.2) is 18.7 Å². The lowest BCUT2D eigenvalue weighted by Gasteiger charge is -2.25. The van der Waals surface area contributed by atoms with Crippen molar-refractivity contribution in [1.82, 2.24) is 14.9 Å². The highest BCUT2D eigenvalue weighted by atomic mass is 35.5. The molecular weight excluding hydrogens is 520 g/mol. The van der Waals surface area contributed by atoms with E-state index in [4.69, 9.17) is 25.8 Å². The van der Waals surface area contributed by atoms with Gasteiger partial charge in [0.2, 0.25) is 0 Å². The maximum absolute atomic E-state index is 14.8. The first kappa shape index (κ1) is 26.2.